The monoisotopic (exact) mass is 373 g/mol. The second-order valence-electron chi connectivity index (χ2n) is 5.37. The van der Waals surface area contributed by atoms with E-state index in [2.05, 4.69) is 15.5 Å². The highest BCUT2D eigenvalue weighted by Crippen LogP contribution is 2.24. The highest BCUT2D eigenvalue weighted by molar-refractivity contribution is 7.90. The molecule has 1 aromatic heterocycles. The number of aromatic nitrogens is 2. The Labute approximate surface area is 149 Å². The van der Waals surface area contributed by atoms with Gasteiger partial charge in [0.1, 0.15) is 5.75 Å². The number of para-hydroxylation sites is 1. The van der Waals surface area contributed by atoms with Gasteiger partial charge in [-0.3, -0.25) is 10.1 Å². The Bertz CT molecular complexity index is 1060. The summed E-state index contributed by atoms with van der Waals surface area (Å²) in [6.07, 6.45) is 1.11. The number of methoxy groups -OCH3 is 1. The minimum absolute atomic E-state index is 0.0887. The standard InChI is InChI=1S/C17H15N3O5S/c1-24-14-9-4-3-8-13(14)15(21)18-17-20-19-16(25-17)11-6-5-7-12(10-11)26(2,22)23/h3-10H,1-2H3,(H,18,20,21). The number of ether oxygens (including phenoxy) is 1. The summed E-state index contributed by atoms with van der Waals surface area (Å²) in [5, 5.41) is 10.1. The van der Waals surface area contributed by atoms with Crippen molar-refractivity contribution in [3.05, 3.63) is 54.1 Å². The van der Waals surface area contributed by atoms with E-state index in [-0.39, 0.29) is 16.8 Å². The Morgan fingerprint density at radius 1 is 1.12 bits per heavy atom. The van der Waals surface area contributed by atoms with Crippen molar-refractivity contribution in [3.8, 4) is 17.2 Å². The summed E-state index contributed by atoms with van der Waals surface area (Å²) in [4.78, 5) is 12.5. The number of carbonyl (C=O) groups is 1. The number of carbonyl (C=O) groups excluding carboxylic acids is 1. The second-order valence-corrected chi connectivity index (χ2v) is 7.38. The van der Waals surface area contributed by atoms with Crippen molar-refractivity contribution in [2.24, 2.45) is 0 Å². The molecule has 1 amide bonds. The molecular formula is C17H15N3O5S. The first kappa shape index (κ1) is 17.6. The molecule has 0 unspecified atom stereocenters. The Hall–Kier alpha value is -3.20. The summed E-state index contributed by atoms with van der Waals surface area (Å²) in [5.41, 5.74) is 0.743. The van der Waals surface area contributed by atoms with Crippen molar-refractivity contribution < 1.29 is 22.4 Å². The van der Waals surface area contributed by atoms with Crippen LogP contribution < -0.4 is 10.1 Å². The van der Waals surface area contributed by atoms with Crippen LogP contribution in [0.3, 0.4) is 0 Å². The summed E-state index contributed by atoms with van der Waals surface area (Å²) in [6, 6.07) is 12.7. The molecule has 3 rings (SSSR count). The largest absolute Gasteiger partial charge is 0.496 e. The second kappa shape index (κ2) is 6.96. The number of benzene rings is 2. The third-order valence-electron chi connectivity index (χ3n) is 3.51. The highest BCUT2D eigenvalue weighted by atomic mass is 32.2. The third-order valence-corrected chi connectivity index (χ3v) is 4.62. The molecule has 0 saturated heterocycles. The molecule has 3 aromatic rings. The lowest BCUT2D eigenvalue weighted by Gasteiger charge is -2.06. The average Bonchev–Trinajstić information content (AvgIpc) is 3.09. The van der Waals surface area contributed by atoms with Gasteiger partial charge in [-0.15, -0.1) is 5.10 Å². The van der Waals surface area contributed by atoms with Crippen LogP contribution in [0.25, 0.3) is 11.5 Å². The molecule has 26 heavy (non-hydrogen) atoms. The number of rotatable bonds is 5. The van der Waals surface area contributed by atoms with Crippen LogP contribution >= 0.6 is 0 Å². The van der Waals surface area contributed by atoms with E-state index in [1.807, 2.05) is 0 Å². The maximum absolute atomic E-state index is 12.3. The van der Waals surface area contributed by atoms with Crippen LogP contribution in [0.5, 0.6) is 5.75 Å². The fourth-order valence-electron chi connectivity index (χ4n) is 2.25. The normalized spacial score (nSPS) is 11.2. The molecule has 134 valence electrons. The van der Waals surface area contributed by atoms with Gasteiger partial charge in [0.05, 0.1) is 17.6 Å². The van der Waals surface area contributed by atoms with E-state index in [0.717, 1.165) is 6.26 Å². The lowest BCUT2D eigenvalue weighted by atomic mass is 10.2. The van der Waals surface area contributed by atoms with E-state index in [1.54, 1.807) is 36.4 Å². The van der Waals surface area contributed by atoms with Crippen molar-refractivity contribution in [1.29, 1.82) is 0 Å². The van der Waals surface area contributed by atoms with E-state index in [0.29, 0.717) is 16.9 Å². The quantitative estimate of drug-likeness (QED) is 0.731. The number of anilines is 1. The first-order valence-corrected chi connectivity index (χ1v) is 9.36. The van der Waals surface area contributed by atoms with Gasteiger partial charge in [-0.05, 0) is 30.3 Å². The minimum Gasteiger partial charge on any atom is -0.496 e. The molecular weight excluding hydrogens is 358 g/mol. The molecule has 0 fully saturated rings. The van der Waals surface area contributed by atoms with E-state index < -0.39 is 15.7 Å². The van der Waals surface area contributed by atoms with Crippen LogP contribution in [0, 0.1) is 0 Å². The SMILES string of the molecule is COc1ccccc1C(=O)Nc1nnc(-c2cccc(S(C)(=O)=O)c2)o1. The molecule has 0 bridgehead atoms. The van der Waals surface area contributed by atoms with Gasteiger partial charge in [0.2, 0.25) is 5.89 Å². The molecule has 0 atom stereocenters. The Morgan fingerprint density at radius 2 is 1.88 bits per heavy atom. The molecule has 1 heterocycles. The predicted octanol–water partition coefficient (Wildman–Crippen LogP) is 2.40. The fourth-order valence-corrected chi connectivity index (χ4v) is 2.91. The van der Waals surface area contributed by atoms with Crippen LogP contribution in [-0.2, 0) is 9.84 Å². The van der Waals surface area contributed by atoms with Crippen molar-refractivity contribution in [2.75, 3.05) is 18.7 Å². The maximum atomic E-state index is 12.3. The molecule has 0 radical (unpaired) electrons. The maximum Gasteiger partial charge on any atom is 0.322 e. The Kier molecular flexibility index (Phi) is 4.72. The molecule has 0 spiro atoms. The van der Waals surface area contributed by atoms with Gasteiger partial charge in [0, 0.05) is 11.8 Å². The zero-order valence-electron chi connectivity index (χ0n) is 14.0. The van der Waals surface area contributed by atoms with Crippen molar-refractivity contribution >= 4 is 21.8 Å². The summed E-state index contributed by atoms with van der Waals surface area (Å²) in [7, 11) is -1.90. The summed E-state index contributed by atoms with van der Waals surface area (Å²) >= 11 is 0. The van der Waals surface area contributed by atoms with Gasteiger partial charge in [-0.2, -0.15) is 0 Å². The van der Waals surface area contributed by atoms with Gasteiger partial charge in [-0.1, -0.05) is 23.3 Å². The number of nitrogens with zero attached hydrogens (tertiary/aromatic N) is 2. The molecule has 1 N–H and O–H groups in total. The average molecular weight is 373 g/mol. The van der Waals surface area contributed by atoms with Gasteiger partial charge in [-0.25, -0.2) is 8.42 Å². The van der Waals surface area contributed by atoms with Crippen LogP contribution in [0.15, 0.2) is 57.8 Å². The number of hydrogen-bond donors (Lipinski definition) is 1. The Balaban J connectivity index is 1.84. The highest BCUT2D eigenvalue weighted by Gasteiger charge is 2.17. The van der Waals surface area contributed by atoms with E-state index in [9.17, 15) is 13.2 Å². The molecule has 8 nitrogen and oxygen atoms in total. The van der Waals surface area contributed by atoms with Crippen LogP contribution in [0.4, 0.5) is 6.01 Å². The van der Waals surface area contributed by atoms with Crippen molar-refractivity contribution in [3.63, 3.8) is 0 Å². The summed E-state index contributed by atoms with van der Waals surface area (Å²) in [6.45, 7) is 0. The fraction of sp³-hybridized carbons (Fsp3) is 0.118. The van der Waals surface area contributed by atoms with Crippen molar-refractivity contribution in [1.82, 2.24) is 10.2 Å². The number of nitrogens with one attached hydrogen (secondary N) is 1. The molecule has 0 aliphatic carbocycles. The van der Waals surface area contributed by atoms with Gasteiger partial charge >= 0.3 is 6.01 Å². The lowest BCUT2D eigenvalue weighted by Crippen LogP contribution is -2.13. The zero-order valence-corrected chi connectivity index (χ0v) is 14.8. The van der Waals surface area contributed by atoms with E-state index in [4.69, 9.17) is 9.15 Å². The lowest BCUT2D eigenvalue weighted by molar-refractivity contribution is 0.102. The first-order valence-electron chi connectivity index (χ1n) is 7.47. The van der Waals surface area contributed by atoms with E-state index >= 15 is 0 Å². The van der Waals surface area contributed by atoms with Gasteiger partial charge < -0.3 is 9.15 Å². The Morgan fingerprint density at radius 3 is 2.62 bits per heavy atom. The first-order chi connectivity index (χ1) is 12.4. The summed E-state index contributed by atoms with van der Waals surface area (Å²) in [5.74, 6) is 0.0268. The molecule has 0 aliphatic rings. The van der Waals surface area contributed by atoms with Crippen LogP contribution in [0.2, 0.25) is 0 Å². The van der Waals surface area contributed by atoms with E-state index in [1.165, 1.54) is 19.2 Å². The summed E-state index contributed by atoms with van der Waals surface area (Å²) < 4.78 is 33.9. The third kappa shape index (κ3) is 3.72. The predicted molar refractivity (Wildman–Crippen MR) is 93.8 cm³/mol. The zero-order chi connectivity index (χ0) is 18.7. The minimum atomic E-state index is -3.36. The number of amides is 1. The van der Waals surface area contributed by atoms with Gasteiger partial charge in [0.15, 0.2) is 9.84 Å². The number of sulfone groups is 1. The van der Waals surface area contributed by atoms with Crippen LogP contribution in [0.1, 0.15) is 10.4 Å². The van der Waals surface area contributed by atoms with Crippen molar-refractivity contribution in [2.45, 2.75) is 4.90 Å². The smallest absolute Gasteiger partial charge is 0.322 e. The molecule has 2 aromatic carbocycles. The van der Waals surface area contributed by atoms with Crippen LogP contribution in [-0.4, -0.2) is 37.9 Å². The topological polar surface area (TPSA) is 111 Å². The molecule has 0 aliphatic heterocycles. The number of hydrogen-bond acceptors (Lipinski definition) is 7. The molecule has 9 heteroatoms. The van der Waals surface area contributed by atoms with Gasteiger partial charge in [0.25, 0.3) is 5.91 Å². The molecule has 0 saturated carbocycles.